The van der Waals surface area contributed by atoms with Crippen LogP contribution in [-0.2, 0) is 16.1 Å². The maximum atomic E-state index is 13.7. The third-order valence-corrected chi connectivity index (χ3v) is 4.57. The van der Waals surface area contributed by atoms with Crippen molar-refractivity contribution in [1.82, 2.24) is 9.88 Å². The van der Waals surface area contributed by atoms with Gasteiger partial charge < -0.3 is 15.0 Å². The molecular formula is C20H22FN3O3. The minimum atomic E-state index is -0.413. The predicted molar refractivity (Wildman–Crippen MR) is 98.7 cm³/mol. The molecular weight excluding hydrogens is 349 g/mol. The van der Waals surface area contributed by atoms with Crippen LogP contribution in [0.4, 0.5) is 10.2 Å². The maximum Gasteiger partial charge on any atom is 0.339 e. The summed E-state index contributed by atoms with van der Waals surface area (Å²) in [6, 6.07) is 7.89. The second-order valence-corrected chi connectivity index (χ2v) is 6.42. The Morgan fingerprint density at radius 3 is 2.81 bits per heavy atom. The van der Waals surface area contributed by atoms with E-state index in [1.54, 1.807) is 30.0 Å². The molecule has 2 aromatic rings. The van der Waals surface area contributed by atoms with E-state index >= 15 is 0 Å². The number of carbonyl (C=O) groups excluding carboxylic acids is 2. The van der Waals surface area contributed by atoms with Crippen LogP contribution in [0.3, 0.4) is 0 Å². The average molecular weight is 371 g/mol. The highest BCUT2D eigenvalue weighted by Crippen LogP contribution is 2.30. The van der Waals surface area contributed by atoms with Crippen LogP contribution in [0.1, 0.15) is 47.8 Å². The molecule has 0 saturated carbocycles. The molecule has 142 valence electrons. The molecule has 1 unspecified atom stereocenters. The lowest BCUT2D eigenvalue weighted by molar-refractivity contribution is -0.129. The van der Waals surface area contributed by atoms with Gasteiger partial charge in [0.1, 0.15) is 11.6 Å². The fourth-order valence-corrected chi connectivity index (χ4v) is 3.19. The summed E-state index contributed by atoms with van der Waals surface area (Å²) in [5.41, 5.74) is 2.10. The zero-order valence-corrected chi connectivity index (χ0v) is 15.4. The Bertz CT molecular complexity index is 839. The highest BCUT2D eigenvalue weighted by atomic mass is 19.1. The summed E-state index contributed by atoms with van der Waals surface area (Å²) in [7, 11) is 0. The van der Waals surface area contributed by atoms with Crippen LogP contribution in [0.15, 0.2) is 36.5 Å². The van der Waals surface area contributed by atoms with E-state index in [0.717, 1.165) is 11.1 Å². The van der Waals surface area contributed by atoms with Gasteiger partial charge in [0, 0.05) is 26.2 Å². The predicted octanol–water partition coefficient (Wildman–Crippen LogP) is 3.30. The fraction of sp³-hybridized carbons (Fsp3) is 0.350. The highest BCUT2D eigenvalue weighted by molar-refractivity contribution is 5.89. The quantitative estimate of drug-likeness (QED) is 0.835. The van der Waals surface area contributed by atoms with Gasteiger partial charge in [-0.15, -0.1) is 0 Å². The number of hydrogen-bond donors (Lipinski definition) is 1. The molecule has 1 N–H and O–H groups in total. The van der Waals surface area contributed by atoms with Crippen molar-refractivity contribution < 1.29 is 18.7 Å². The lowest BCUT2D eigenvalue weighted by atomic mass is 9.99. The van der Waals surface area contributed by atoms with E-state index in [2.05, 4.69) is 10.3 Å². The van der Waals surface area contributed by atoms with E-state index in [9.17, 15) is 14.0 Å². The SMILES string of the molecule is CCOC(=O)c1ccc(NC2CCN(C(C)=O)Cc3cc(F)ccc32)nc1. The molecule has 1 aromatic heterocycles. The second-order valence-electron chi connectivity index (χ2n) is 6.42. The van der Waals surface area contributed by atoms with Crippen molar-refractivity contribution in [3.05, 3.63) is 59.0 Å². The third-order valence-electron chi connectivity index (χ3n) is 4.57. The molecule has 6 nitrogen and oxygen atoms in total. The van der Waals surface area contributed by atoms with Gasteiger partial charge in [-0.2, -0.15) is 0 Å². The van der Waals surface area contributed by atoms with E-state index in [1.807, 2.05) is 0 Å². The van der Waals surface area contributed by atoms with E-state index < -0.39 is 5.97 Å². The number of hydrogen-bond acceptors (Lipinski definition) is 5. The molecule has 2 heterocycles. The lowest BCUT2D eigenvalue weighted by Gasteiger charge is -2.20. The van der Waals surface area contributed by atoms with Crippen molar-refractivity contribution in [2.24, 2.45) is 0 Å². The molecule has 1 amide bonds. The van der Waals surface area contributed by atoms with Gasteiger partial charge in [-0.05, 0) is 48.7 Å². The zero-order valence-electron chi connectivity index (χ0n) is 15.4. The Morgan fingerprint density at radius 1 is 1.33 bits per heavy atom. The van der Waals surface area contributed by atoms with Crippen LogP contribution in [0, 0.1) is 5.82 Å². The summed E-state index contributed by atoms with van der Waals surface area (Å²) in [5, 5.41) is 3.33. The van der Waals surface area contributed by atoms with Crippen LogP contribution in [0.25, 0.3) is 0 Å². The minimum absolute atomic E-state index is 0.0391. The number of halogens is 1. The maximum absolute atomic E-state index is 13.7. The Morgan fingerprint density at radius 2 is 2.15 bits per heavy atom. The Hall–Kier alpha value is -2.96. The smallest absolute Gasteiger partial charge is 0.339 e. The molecule has 3 rings (SSSR count). The van der Waals surface area contributed by atoms with Crippen LogP contribution in [-0.4, -0.2) is 34.9 Å². The summed E-state index contributed by atoms with van der Waals surface area (Å²) >= 11 is 0. The van der Waals surface area contributed by atoms with E-state index in [-0.39, 0.29) is 17.8 Å². The molecule has 1 atom stereocenters. The summed E-state index contributed by atoms with van der Waals surface area (Å²) in [6.07, 6.45) is 2.13. The molecule has 0 radical (unpaired) electrons. The molecule has 1 aliphatic rings. The van der Waals surface area contributed by atoms with Gasteiger partial charge in [-0.3, -0.25) is 4.79 Å². The van der Waals surface area contributed by atoms with Crippen LogP contribution < -0.4 is 5.32 Å². The van der Waals surface area contributed by atoms with Gasteiger partial charge in [0.25, 0.3) is 0 Å². The molecule has 0 saturated heterocycles. The number of anilines is 1. The second kappa shape index (κ2) is 8.16. The number of pyridine rings is 1. The number of benzene rings is 1. The van der Waals surface area contributed by atoms with E-state index in [1.165, 1.54) is 25.3 Å². The largest absolute Gasteiger partial charge is 0.462 e. The monoisotopic (exact) mass is 371 g/mol. The number of aromatic nitrogens is 1. The number of fused-ring (bicyclic) bond motifs is 1. The Labute approximate surface area is 157 Å². The number of esters is 1. The normalized spacial score (nSPS) is 16.3. The van der Waals surface area contributed by atoms with Crippen LogP contribution in [0.5, 0.6) is 0 Å². The molecule has 0 aliphatic carbocycles. The molecule has 0 spiro atoms. The molecule has 0 bridgehead atoms. The summed E-state index contributed by atoms with van der Waals surface area (Å²) in [5.74, 6) is -0.180. The fourth-order valence-electron chi connectivity index (χ4n) is 3.19. The first kappa shape index (κ1) is 18.8. The first-order chi connectivity index (χ1) is 13.0. The Balaban J connectivity index is 1.82. The first-order valence-corrected chi connectivity index (χ1v) is 8.91. The van der Waals surface area contributed by atoms with Crippen molar-refractivity contribution >= 4 is 17.7 Å². The molecule has 1 aromatic carbocycles. The van der Waals surface area contributed by atoms with Gasteiger partial charge in [-0.1, -0.05) is 6.07 Å². The van der Waals surface area contributed by atoms with Crippen molar-refractivity contribution in [1.29, 1.82) is 0 Å². The third kappa shape index (κ3) is 4.42. The molecule has 0 fully saturated rings. The highest BCUT2D eigenvalue weighted by Gasteiger charge is 2.24. The van der Waals surface area contributed by atoms with Crippen molar-refractivity contribution in [2.45, 2.75) is 32.9 Å². The number of nitrogens with zero attached hydrogens (tertiary/aromatic N) is 2. The lowest BCUT2D eigenvalue weighted by Crippen LogP contribution is -2.28. The van der Waals surface area contributed by atoms with Gasteiger partial charge in [-0.25, -0.2) is 14.2 Å². The van der Waals surface area contributed by atoms with Crippen molar-refractivity contribution in [3.8, 4) is 0 Å². The summed E-state index contributed by atoms with van der Waals surface area (Å²) in [6.45, 7) is 4.52. The number of ether oxygens (including phenoxy) is 1. The number of carbonyl (C=O) groups is 2. The first-order valence-electron chi connectivity index (χ1n) is 8.91. The Kier molecular flexibility index (Phi) is 5.69. The molecule has 7 heteroatoms. The summed E-state index contributed by atoms with van der Waals surface area (Å²) < 4.78 is 18.7. The molecule has 1 aliphatic heterocycles. The number of nitrogens with one attached hydrogen (secondary N) is 1. The molecule has 27 heavy (non-hydrogen) atoms. The van der Waals surface area contributed by atoms with E-state index in [0.29, 0.717) is 37.5 Å². The standard InChI is InChI=1S/C20H22FN3O3/c1-3-27-20(26)14-4-7-19(22-11-14)23-18-8-9-24(13(2)25)12-15-10-16(21)5-6-17(15)18/h4-7,10-11,18H,3,8-9,12H2,1-2H3,(H,22,23). The van der Waals surface area contributed by atoms with Crippen LogP contribution in [0.2, 0.25) is 0 Å². The van der Waals surface area contributed by atoms with Gasteiger partial charge >= 0.3 is 5.97 Å². The van der Waals surface area contributed by atoms with Gasteiger partial charge in [0.2, 0.25) is 5.91 Å². The van der Waals surface area contributed by atoms with Crippen LogP contribution >= 0.6 is 0 Å². The van der Waals surface area contributed by atoms with Gasteiger partial charge in [0.05, 0.1) is 18.2 Å². The summed E-state index contributed by atoms with van der Waals surface area (Å²) in [4.78, 5) is 29.5. The van der Waals surface area contributed by atoms with Crippen molar-refractivity contribution in [2.75, 3.05) is 18.5 Å². The van der Waals surface area contributed by atoms with E-state index in [4.69, 9.17) is 4.74 Å². The minimum Gasteiger partial charge on any atom is -0.462 e. The number of rotatable bonds is 4. The number of amides is 1. The van der Waals surface area contributed by atoms with Gasteiger partial charge in [0.15, 0.2) is 0 Å². The topological polar surface area (TPSA) is 71.5 Å². The average Bonchev–Trinajstić information content (AvgIpc) is 2.82. The zero-order chi connectivity index (χ0) is 19.4. The van der Waals surface area contributed by atoms with Crippen molar-refractivity contribution in [3.63, 3.8) is 0 Å².